The topological polar surface area (TPSA) is 96.9 Å². The van der Waals surface area contributed by atoms with Gasteiger partial charge in [0.25, 0.3) is 0 Å². The minimum atomic E-state index is -4.50. The van der Waals surface area contributed by atoms with Crippen LogP contribution in [0.15, 0.2) is 27.4 Å². The Morgan fingerprint density at radius 2 is 2.11 bits per heavy atom. The van der Waals surface area contributed by atoms with Crippen molar-refractivity contribution in [3.8, 4) is 11.5 Å². The van der Waals surface area contributed by atoms with E-state index in [0.29, 0.717) is 0 Å². The van der Waals surface area contributed by atoms with Gasteiger partial charge in [0.05, 0.1) is 5.56 Å². The first-order valence-electron chi connectivity index (χ1n) is 8.53. The van der Waals surface area contributed by atoms with Gasteiger partial charge < -0.3 is 15.5 Å². The molecule has 0 radical (unpaired) electrons. The van der Waals surface area contributed by atoms with Crippen LogP contribution in [0.5, 0.6) is 0 Å². The summed E-state index contributed by atoms with van der Waals surface area (Å²) in [6.07, 6.45) is -0.871. The lowest BCUT2D eigenvalue weighted by Gasteiger charge is -2.32. The first kappa shape index (κ1) is 21.3. The molecule has 3 atom stereocenters. The predicted molar refractivity (Wildman–Crippen MR) is 97.8 cm³/mol. The van der Waals surface area contributed by atoms with E-state index in [9.17, 15) is 18.0 Å². The van der Waals surface area contributed by atoms with Gasteiger partial charge in [0.1, 0.15) is 0 Å². The van der Waals surface area contributed by atoms with Crippen LogP contribution < -0.4 is 16.8 Å². The number of aromatic nitrogens is 2. The Balaban J connectivity index is 0.00000261. The van der Waals surface area contributed by atoms with E-state index >= 15 is 0 Å². The van der Waals surface area contributed by atoms with E-state index in [1.54, 1.807) is 0 Å². The number of nitrogens with zero attached hydrogens (tertiary/aromatic N) is 1. The van der Waals surface area contributed by atoms with Crippen LogP contribution in [-0.2, 0) is 6.18 Å². The van der Waals surface area contributed by atoms with Gasteiger partial charge in [0, 0.05) is 23.3 Å². The summed E-state index contributed by atoms with van der Waals surface area (Å²) in [5.74, 6) is -0.620. The van der Waals surface area contributed by atoms with E-state index in [2.05, 4.69) is 15.5 Å². The smallest absolute Gasteiger partial charge is 0.388 e. The minimum absolute atomic E-state index is 0. The van der Waals surface area contributed by atoms with Gasteiger partial charge in [-0.25, -0.2) is 9.89 Å². The lowest BCUT2D eigenvalue weighted by molar-refractivity contribution is -0.137. The van der Waals surface area contributed by atoms with Gasteiger partial charge in [-0.1, -0.05) is 6.42 Å². The molecule has 0 unspecified atom stereocenters. The van der Waals surface area contributed by atoms with Crippen molar-refractivity contribution >= 4 is 18.1 Å². The van der Waals surface area contributed by atoms with Crippen LogP contribution in [0, 0.1) is 5.92 Å². The van der Waals surface area contributed by atoms with Crippen LogP contribution in [0.2, 0.25) is 0 Å². The first-order valence-corrected chi connectivity index (χ1v) is 8.53. The number of nitrogens with one attached hydrogen (secondary N) is 2. The number of anilines is 1. The molecule has 3 rings (SSSR count). The van der Waals surface area contributed by atoms with Crippen molar-refractivity contribution in [2.45, 2.75) is 50.9 Å². The van der Waals surface area contributed by atoms with Gasteiger partial charge in [-0.05, 0) is 50.3 Å². The van der Waals surface area contributed by atoms with Crippen molar-refractivity contribution in [3.05, 3.63) is 34.3 Å². The molecule has 1 saturated carbocycles. The highest BCUT2D eigenvalue weighted by Gasteiger charge is 2.35. The van der Waals surface area contributed by atoms with Crippen LogP contribution in [-0.4, -0.2) is 22.3 Å². The molecular formula is C17H22ClF3N4O2. The van der Waals surface area contributed by atoms with Crippen LogP contribution in [0.1, 0.15) is 38.2 Å². The first-order chi connectivity index (χ1) is 12.2. The van der Waals surface area contributed by atoms with Crippen molar-refractivity contribution in [3.63, 3.8) is 0 Å². The SMILES string of the molecule is C[C@H](Nc1cc(-c2n[nH]c(=O)o2)ccc1C(F)(F)F)[C@H]1CCC[C@@H](N)C1.Cl. The molecule has 150 valence electrons. The number of aromatic amines is 1. The second-order valence-electron chi connectivity index (χ2n) is 6.80. The lowest BCUT2D eigenvalue weighted by Crippen LogP contribution is -2.36. The summed E-state index contributed by atoms with van der Waals surface area (Å²) >= 11 is 0. The monoisotopic (exact) mass is 406 g/mol. The van der Waals surface area contributed by atoms with Crippen LogP contribution in [0.4, 0.5) is 18.9 Å². The summed E-state index contributed by atoms with van der Waals surface area (Å²) in [6, 6.07) is 3.41. The van der Waals surface area contributed by atoms with Crippen LogP contribution in [0.3, 0.4) is 0 Å². The maximum absolute atomic E-state index is 13.4. The Morgan fingerprint density at radius 3 is 2.70 bits per heavy atom. The van der Waals surface area contributed by atoms with Gasteiger partial charge in [-0.15, -0.1) is 17.5 Å². The molecule has 0 aliphatic heterocycles. The third-order valence-corrected chi connectivity index (χ3v) is 4.86. The molecule has 6 nitrogen and oxygen atoms in total. The van der Waals surface area contributed by atoms with E-state index in [1.807, 2.05) is 6.92 Å². The van der Waals surface area contributed by atoms with E-state index in [1.165, 1.54) is 12.1 Å². The Hall–Kier alpha value is -2.00. The van der Waals surface area contributed by atoms with Gasteiger partial charge in [-0.2, -0.15) is 13.2 Å². The number of nitrogens with two attached hydrogens (primary N) is 1. The molecule has 1 fully saturated rings. The largest absolute Gasteiger partial charge is 0.434 e. The highest BCUT2D eigenvalue weighted by atomic mass is 35.5. The number of hydrogen-bond acceptors (Lipinski definition) is 5. The molecule has 0 saturated heterocycles. The quantitative estimate of drug-likeness (QED) is 0.717. The molecule has 1 aliphatic rings. The van der Waals surface area contributed by atoms with Gasteiger partial charge in [0.15, 0.2) is 0 Å². The van der Waals surface area contributed by atoms with E-state index in [0.717, 1.165) is 31.7 Å². The molecule has 1 aliphatic carbocycles. The highest BCUT2D eigenvalue weighted by Crippen LogP contribution is 2.38. The molecule has 27 heavy (non-hydrogen) atoms. The molecule has 1 aromatic heterocycles. The van der Waals surface area contributed by atoms with Gasteiger partial charge in [-0.3, -0.25) is 0 Å². The molecule has 2 aromatic rings. The average molecular weight is 407 g/mol. The fourth-order valence-electron chi connectivity index (χ4n) is 3.48. The zero-order valence-corrected chi connectivity index (χ0v) is 15.5. The van der Waals surface area contributed by atoms with E-state index < -0.39 is 17.5 Å². The zero-order valence-electron chi connectivity index (χ0n) is 14.7. The summed E-state index contributed by atoms with van der Waals surface area (Å²) in [7, 11) is 0. The molecule has 0 spiro atoms. The zero-order chi connectivity index (χ0) is 18.9. The predicted octanol–water partition coefficient (Wildman–Crippen LogP) is 3.79. The molecule has 1 aromatic carbocycles. The Kier molecular flexibility index (Phi) is 6.59. The van der Waals surface area contributed by atoms with E-state index in [4.69, 9.17) is 10.2 Å². The molecule has 4 N–H and O–H groups in total. The normalized spacial score (nSPS) is 21.4. The molecule has 0 bridgehead atoms. The molecule has 10 heteroatoms. The summed E-state index contributed by atoms with van der Waals surface area (Å²) in [6.45, 7) is 1.87. The summed E-state index contributed by atoms with van der Waals surface area (Å²) in [5, 5.41) is 8.76. The second kappa shape index (κ2) is 8.35. The lowest BCUT2D eigenvalue weighted by atomic mass is 9.82. The minimum Gasteiger partial charge on any atom is -0.388 e. The third kappa shape index (κ3) is 5.04. The Bertz CT molecular complexity index is 821. The number of hydrogen-bond donors (Lipinski definition) is 3. The maximum Gasteiger partial charge on any atom is 0.434 e. The van der Waals surface area contributed by atoms with Crippen molar-refractivity contribution in [2.75, 3.05) is 5.32 Å². The van der Waals surface area contributed by atoms with Crippen LogP contribution in [0.25, 0.3) is 11.5 Å². The van der Waals surface area contributed by atoms with Crippen LogP contribution >= 0.6 is 12.4 Å². The van der Waals surface area contributed by atoms with Crippen molar-refractivity contribution in [1.82, 2.24) is 10.2 Å². The summed E-state index contributed by atoms with van der Waals surface area (Å²) in [5.41, 5.74) is 5.45. The summed E-state index contributed by atoms with van der Waals surface area (Å²) in [4.78, 5) is 11.1. The van der Waals surface area contributed by atoms with Crippen molar-refractivity contribution < 1.29 is 17.6 Å². The van der Waals surface area contributed by atoms with Gasteiger partial charge >= 0.3 is 11.9 Å². The fraction of sp³-hybridized carbons (Fsp3) is 0.529. The maximum atomic E-state index is 13.4. The van der Waals surface area contributed by atoms with E-state index in [-0.39, 0.29) is 47.6 Å². The second-order valence-corrected chi connectivity index (χ2v) is 6.80. The third-order valence-electron chi connectivity index (χ3n) is 4.86. The molecular weight excluding hydrogens is 385 g/mol. The molecule has 0 amide bonds. The number of halogens is 4. The number of H-pyrrole nitrogens is 1. The number of rotatable bonds is 4. The number of benzene rings is 1. The highest BCUT2D eigenvalue weighted by molar-refractivity contribution is 5.85. The van der Waals surface area contributed by atoms with Crippen molar-refractivity contribution in [2.24, 2.45) is 11.7 Å². The summed E-state index contributed by atoms with van der Waals surface area (Å²) < 4.78 is 45.0. The average Bonchev–Trinajstić information content (AvgIpc) is 3.00. The Morgan fingerprint density at radius 1 is 1.37 bits per heavy atom. The standard InChI is InChI=1S/C17H21F3N4O2.ClH/c1-9(10-3-2-4-12(21)7-10)22-14-8-11(15-23-24-16(25)26-15)5-6-13(14)17(18,19)20;/h5-6,8-10,12,22H,2-4,7,21H2,1H3,(H,24,25);1H/t9-,10-,12+;/m0./s1. The Labute approximate surface area is 160 Å². The fourth-order valence-corrected chi connectivity index (χ4v) is 3.48. The molecule has 1 heterocycles. The number of alkyl halides is 3. The van der Waals surface area contributed by atoms with Crippen molar-refractivity contribution in [1.29, 1.82) is 0 Å². The van der Waals surface area contributed by atoms with Gasteiger partial charge in [0.2, 0.25) is 5.89 Å².